The molecule has 1 unspecified atom stereocenters. The van der Waals surface area contributed by atoms with Crippen LogP contribution in [0.3, 0.4) is 0 Å². The lowest BCUT2D eigenvalue weighted by molar-refractivity contribution is 0.390. The monoisotopic (exact) mass is 237 g/mol. The van der Waals surface area contributed by atoms with E-state index in [0.29, 0.717) is 11.3 Å². The molecule has 0 aliphatic heterocycles. The molecule has 1 atom stereocenters. The molecule has 0 aromatic heterocycles. The van der Waals surface area contributed by atoms with E-state index in [2.05, 4.69) is 11.9 Å². The fourth-order valence-electron chi connectivity index (χ4n) is 1.86. The maximum Gasteiger partial charge on any atom is 0.131 e. The highest BCUT2D eigenvalue weighted by atomic mass is 19.1. The molecule has 3 heteroatoms. The van der Waals surface area contributed by atoms with Gasteiger partial charge >= 0.3 is 0 Å². The predicted octanol–water partition coefficient (Wildman–Crippen LogP) is 3.45. The zero-order valence-corrected chi connectivity index (χ0v) is 10.7. The third kappa shape index (κ3) is 3.56. The Morgan fingerprint density at radius 3 is 2.76 bits per heavy atom. The molecule has 1 aromatic rings. The first kappa shape index (κ1) is 13.7. The summed E-state index contributed by atoms with van der Waals surface area (Å²) >= 11 is 0. The van der Waals surface area contributed by atoms with Crippen LogP contribution in [0.25, 0.3) is 0 Å². The van der Waals surface area contributed by atoms with Gasteiger partial charge in [0, 0.05) is 11.6 Å². The summed E-state index contributed by atoms with van der Waals surface area (Å²) in [5.41, 5.74) is 1.69. The van der Waals surface area contributed by atoms with Crippen molar-refractivity contribution in [2.24, 2.45) is 0 Å². The number of methoxy groups -OCH3 is 1. The Hall–Kier alpha value is -1.35. The lowest BCUT2D eigenvalue weighted by Gasteiger charge is -2.20. The van der Waals surface area contributed by atoms with Crippen molar-refractivity contribution in [2.75, 3.05) is 14.2 Å². The molecular formula is C14H20FNO. The van der Waals surface area contributed by atoms with Gasteiger partial charge in [0.05, 0.1) is 7.11 Å². The molecule has 0 amide bonds. The summed E-state index contributed by atoms with van der Waals surface area (Å²) in [7, 11) is 3.39. The lowest BCUT2D eigenvalue weighted by Crippen LogP contribution is -2.18. The summed E-state index contributed by atoms with van der Waals surface area (Å²) < 4.78 is 19.1. The van der Waals surface area contributed by atoms with Gasteiger partial charge in [0.15, 0.2) is 0 Å². The average molecular weight is 237 g/mol. The third-order valence-electron chi connectivity index (χ3n) is 2.79. The van der Waals surface area contributed by atoms with Crippen molar-refractivity contribution in [3.8, 4) is 5.75 Å². The summed E-state index contributed by atoms with van der Waals surface area (Å²) in [6, 6.07) is 4.85. The van der Waals surface area contributed by atoms with E-state index in [1.807, 2.05) is 14.0 Å². The van der Waals surface area contributed by atoms with Crippen LogP contribution >= 0.6 is 0 Å². The maximum absolute atomic E-state index is 13.9. The van der Waals surface area contributed by atoms with Crippen molar-refractivity contribution < 1.29 is 9.13 Å². The van der Waals surface area contributed by atoms with E-state index in [1.54, 1.807) is 19.2 Å². The first-order valence-electron chi connectivity index (χ1n) is 5.74. The molecule has 0 bridgehead atoms. The Morgan fingerprint density at radius 2 is 2.24 bits per heavy atom. The van der Waals surface area contributed by atoms with Crippen LogP contribution in [-0.2, 0) is 0 Å². The van der Waals surface area contributed by atoms with E-state index in [9.17, 15) is 4.39 Å². The molecule has 1 N–H and O–H groups in total. The Balaban J connectivity index is 2.97. The zero-order valence-electron chi connectivity index (χ0n) is 10.7. The summed E-state index contributed by atoms with van der Waals surface area (Å²) in [5.74, 6) is 0.358. The normalized spacial score (nSPS) is 12.2. The Morgan fingerprint density at radius 1 is 1.53 bits per heavy atom. The van der Waals surface area contributed by atoms with Crippen LogP contribution in [0.4, 0.5) is 4.39 Å². The Bertz CT molecular complexity index is 390. The average Bonchev–Trinajstić information content (AvgIpc) is 2.31. The van der Waals surface area contributed by atoms with Gasteiger partial charge in [-0.15, -0.1) is 6.58 Å². The summed E-state index contributed by atoms with van der Waals surface area (Å²) in [6.45, 7) is 5.84. The third-order valence-corrected chi connectivity index (χ3v) is 2.79. The van der Waals surface area contributed by atoms with Gasteiger partial charge in [-0.05, 0) is 38.9 Å². The van der Waals surface area contributed by atoms with E-state index in [1.165, 1.54) is 6.07 Å². The number of allylic oxidation sites excluding steroid dienone is 1. The van der Waals surface area contributed by atoms with Crippen LogP contribution in [0.2, 0.25) is 0 Å². The van der Waals surface area contributed by atoms with Gasteiger partial charge in [-0.2, -0.15) is 0 Å². The SMILES string of the molecule is C=C(C)CCC(NC)c1c(F)cccc1OC. The molecule has 0 spiro atoms. The van der Waals surface area contributed by atoms with E-state index in [0.717, 1.165) is 18.4 Å². The molecule has 0 saturated carbocycles. The molecule has 94 valence electrons. The minimum absolute atomic E-state index is 0.0529. The summed E-state index contributed by atoms with van der Waals surface area (Å²) in [4.78, 5) is 0. The van der Waals surface area contributed by atoms with Crippen molar-refractivity contribution in [3.05, 3.63) is 41.7 Å². The van der Waals surface area contributed by atoms with Crippen LogP contribution in [0, 0.1) is 5.82 Å². The van der Waals surface area contributed by atoms with Crippen LogP contribution < -0.4 is 10.1 Å². The van der Waals surface area contributed by atoms with Crippen molar-refractivity contribution in [3.63, 3.8) is 0 Å². The molecule has 0 saturated heterocycles. The number of hydrogen-bond acceptors (Lipinski definition) is 2. The number of halogens is 1. The molecule has 0 aliphatic rings. The van der Waals surface area contributed by atoms with Gasteiger partial charge in [0.25, 0.3) is 0 Å². The number of benzene rings is 1. The Kier molecular flexibility index (Phi) is 5.16. The predicted molar refractivity (Wildman–Crippen MR) is 68.8 cm³/mol. The maximum atomic E-state index is 13.9. The van der Waals surface area contributed by atoms with Gasteiger partial charge < -0.3 is 10.1 Å². The lowest BCUT2D eigenvalue weighted by atomic mass is 9.98. The standard InChI is InChI=1S/C14H20FNO/c1-10(2)8-9-12(16-3)14-11(15)6-5-7-13(14)17-4/h5-7,12,16H,1,8-9H2,2-4H3. The van der Waals surface area contributed by atoms with Gasteiger partial charge in [-0.25, -0.2) is 4.39 Å². The fraction of sp³-hybridized carbons (Fsp3) is 0.429. The smallest absolute Gasteiger partial charge is 0.131 e. The number of hydrogen-bond donors (Lipinski definition) is 1. The zero-order chi connectivity index (χ0) is 12.8. The molecule has 17 heavy (non-hydrogen) atoms. The van der Waals surface area contributed by atoms with Gasteiger partial charge in [0.2, 0.25) is 0 Å². The van der Waals surface area contributed by atoms with Crippen molar-refractivity contribution in [1.82, 2.24) is 5.32 Å². The first-order valence-corrected chi connectivity index (χ1v) is 5.74. The highest BCUT2D eigenvalue weighted by Crippen LogP contribution is 2.30. The van der Waals surface area contributed by atoms with Crippen molar-refractivity contribution >= 4 is 0 Å². The Labute approximate surface area is 102 Å². The van der Waals surface area contributed by atoms with Gasteiger partial charge in [-0.3, -0.25) is 0 Å². The molecule has 0 heterocycles. The first-order chi connectivity index (χ1) is 8.10. The second-order valence-corrected chi connectivity index (χ2v) is 4.19. The fourth-order valence-corrected chi connectivity index (χ4v) is 1.86. The quantitative estimate of drug-likeness (QED) is 0.765. The minimum atomic E-state index is -0.231. The second-order valence-electron chi connectivity index (χ2n) is 4.19. The van der Waals surface area contributed by atoms with Crippen LogP contribution in [0.1, 0.15) is 31.4 Å². The van der Waals surface area contributed by atoms with Crippen LogP contribution in [0.15, 0.2) is 30.4 Å². The van der Waals surface area contributed by atoms with Crippen LogP contribution in [-0.4, -0.2) is 14.2 Å². The van der Waals surface area contributed by atoms with E-state index < -0.39 is 0 Å². The van der Waals surface area contributed by atoms with Crippen LogP contribution in [0.5, 0.6) is 5.75 Å². The molecule has 2 nitrogen and oxygen atoms in total. The van der Waals surface area contributed by atoms with E-state index >= 15 is 0 Å². The minimum Gasteiger partial charge on any atom is -0.496 e. The molecule has 0 fully saturated rings. The topological polar surface area (TPSA) is 21.3 Å². The number of rotatable bonds is 6. The highest BCUT2D eigenvalue weighted by molar-refractivity contribution is 5.37. The highest BCUT2D eigenvalue weighted by Gasteiger charge is 2.18. The van der Waals surface area contributed by atoms with Gasteiger partial charge in [0.1, 0.15) is 11.6 Å². The largest absolute Gasteiger partial charge is 0.496 e. The molecular weight excluding hydrogens is 217 g/mol. The molecule has 0 aliphatic carbocycles. The van der Waals surface area contributed by atoms with Crippen molar-refractivity contribution in [1.29, 1.82) is 0 Å². The van der Waals surface area contributed by atoms with E-state index in [4.69, 9.17) is 4.74 Å². The number of nitrogens with one attached hydrogen (secondary N) is 1. The van der Waals surface area contributed by atoms with Crippen molar-refractivity contribution in [2.45, 2.75) is 25.8 Å². The van der Waals surface area contributed by atoms with E-state index in [-0.39, 0.29) is 11.9 Å². The second kappa shape index (κ2) is 6.40. The summed E-state index contributed by atoms with van der Waals surface area (Å²) in [5, 5.41) is 3.13. The summed E-state index contributed by atoms with van der Waals surface area (Å²) in [6.07, 6.45) is 1.67. The molecule has 1 aromatic carbocycles. The van der Waals surface area contributed by atoms with Gasteiger partial charge in [-0.1, -0.05) is 11.6 Å². The molecule has 1 rings (SSSR count). The molecule has 0 radical (unpaired) electrons. The number of ether oxygens (including phenoxy) is 1.